The lowest BCUT2D eigenvalue weighted by Crippen LogP contribution is -2.41. The van der Waals surface area contributed by atoms with Crippen LogP contribution in [0, 0.1) is 11.3 Å². The number of rotatable bonds is 3. The molecule has 5 heteroatoms. The first kappa shape index (κ1) is 12.4. The molecule has 3 N–H and O–H groups in total. The fourth-order valence-corrected chi connectivity index (χ4v) is 1.95. The lowest BCUT2D eigenvalue weighted by atomic mass is 10.1. The van der Waals surface area contributed by atoms with E-state index >= 15 is 0 Å². The SMILES string of the molecule is CC(N)CCN1C(=O)CNc2ccc(C#N)cc21. The molecule has 1 amide bonds. The first-order chi connectivity index (χ1) is 8.61. The fraction of sp³-hybridized carbons (Fsp3) is 0.385. The van der Waals surface area contributed by atoms with Crippen LogP contribution in [-0.4, -0.2) is 25.0 Å². The van der Waals surface area contributed by atoms with Crippen LogP contribution < -0.4 is 16.0 Å². The highest BCUT2D eigenvalue weighted by Crippen LogP contribution is 2.30. The molecular weight excluding hydrogens is 228 g/mol. The Morgan fingerprint density at radius 2 is 2.39 bits per heavy atom. The molecule has 0 aromatic heterocycles. The van der Waals surface area contributed by atoms with Crippen LogP contribution in [0.5, 0.6) is 0 Å². The van der Waals surface area contributed by atoms with Crippen molar-refractivity contribution in [3.63, 3.8) is 0 Å². The molecule has 0 bridgehead atoms. The Morgan fingerprint density at radius 3 is 3.06 bits per heavy atom. The van der Waals surface area contributed by atoms with E-state index in [2.05, 4.69) is 11.4 Å². The van der Waals surface area contributed by atoms with E-state index in [4.69, 9.17) is 11.0 Å². The van der Waals surface area contributed by atoms with E-state index in [0.717, 1.165) is 17.8 Å². The van der Waals surface area contributed by atoms with Crippen LogP contribution in [0.25, 0.3) is 0 Å². The van der Waals surface area contributed by atoms with Gasteiger partial charge in [-0.3, -0.25) is 4.79 Å². The normalized spacial score (nSPS) is 15.6. The van der Waals surface area contributed by atoms with Crippen LogP contribution in [0.1, 0.15) is 18.9 Å². The summed E-state index contributed by atoms with van der Waals surface area (Å²) >= 11 is 0. The third-order valence-corrected chi connectivity index (χ3v) is 2.96. The van der Waals surface area contributed by atoms with Crippen molar-refractivity contribution in [3.8, 4) is 6.07 Å². The third-order valence-electron chi connectivity index (χ3n) is 2.96. The first-order valence-electron chi connectivity index (χ1n) is 5.96. The van der Waals surface area contributed by atoms with Gasteiger partial charge in [0.15, 0.2) is 0 Å². The Labute approximate surface area is 106 Å². The van der Waals surface area contributed by atoms with E-state index in [-0.39, 0.29) is 18.5 Å². The van der Waals surface area contributed by atoms with Crippen LogP contribution in [0.3, 0.4) is 0 Å². The van der Waals surface area contributed by atoms with E-state index < -0.39 is 0 Å². The number of carbonyl (C=O) groups is 1. The van der Waals surface area contributed by atoms with Crippen molar-refractivity contribution in [1.82, 2.24) is 0 Å². The summed E-state index contributed by atoms with van der Waals surface area (Å²) in [7, 11) is 0. The maximum atomic E-state index is 11.9. The van der Waals surface area contributed by atoms with Crippen molar-refractivity contribution in [3.05, 3.63) is 23.8 Å². The summed E-state index contributed by atoms with van der Waals surface area (Å²) in [5.74, 6) is 0.0123. The maximum absolute atomic E-state index is 11.9. The van der Waals surface area contributed by atoms with Gasteiger partial charge in [0, 0.05) is 12.6 Å². The fourth-order valence-electron chi connectivity index (χ4n) is 1.95. The van der Waals surface area contributed by atoms with Gasteiger partial charge in [-0.05, 0) is 31.5 Å². The number of benzene rings is 1. The molecule has 0 saturated heterocycles. The highest BCUT2D eigenvalue weighted by atomic mass is 16.2. The summed E-state index contributed by atoms with van der Waals surface area (Å²) in [5, 5.41) is 12.0. The number of amides is 1. The lowest BCUT2D eigenvalue weighted by Gasteiger charge is -2.30. The second kappa shape index (κ2) is 5.07. The topological polar surface area (TPSA) is 82.2 Å². The summed E-state index contributed by atoms with van der Waals surface area (Å²) in [4.78, 5) is 13.6. The Hall–Kier alpha value is -2.06. The summed E-state index contributed by atoms with van der Waals surface area (Å²) in [6, 6.07) is 7.45. The monoisotopic (exact) mass is 244 g/mol. The molecule has 94 valence electrons. The molecule has 0 aliphatic carbocycles. The van der Waals surface area contributed by atoms with Crippen LogP contribution >= 0.6 is 0 Å². The highest BCUT2D eigenvalue weighted by Gasteiger charge is 2.23. The predicted octanol–water partition coefficient (Wildman–Crippen LogP) is 1.05. The standard InChI is InChI=1S/C13H16N4O/c1-9(15)4-5-17-12-6-10(7-14)2-3-11(12)16-8-13(17)18/h2-3,6,9,16H,4-5,8,15H2,1H3. The molecule has 1 atom stereocenters. The van der Waals surface area contributed by atoms with Crippen LogP contribution in [0.4, 0.5) is 11.4 Å². The predicted molar refractivity (Wildman–Crippen MR) is 70.3 cm³/mol. The van der Waals surface area contributed by atoms with Gasteiger partial charge in [-0.15, -0.1) is 0 Å². The van der Waals surface area contributed by atoms with E-state index in [1.54, 1.807) is 17.0 Å². The number of nitrogens with two attached hydrogens (primary N) is 1. The summed E-state index contributed by atoms with van der Waals surface area (Å²) in [6.45, 7) is 2.79. The average Bonchev–Trinajstić information content (AvgIpc) is 2.36. The van der Waals surface area contributed by atoms with Gasteiger partial charge in [0.05, 0.1) is 29.6 Å². The number of carbonyl (C=O) groups excluding carboxylic acids is 1. The number of anilines is 2. The maximum Gasteiger partial charge on any atom is 0.246 e. The molecule has 5 nitrogen and oxygen atoms in total. The Bertz CT molecular complexity index is 504. The molecule has 0 radical (unpaired) electrons. The van der Waals surface area contributed by atoms with Gasteiger partial charge in [-0.2, -0.15) is 5.26 Å². The second-order valence-corrected chi connectivity index (χ2v) is 4.51. The zero-order valence-electron chi connectivity index (χ0n) is 10.3. The van der Waals surface area contributed by atoms with E-state index in [0.29, 0.717) is 12.1 Å². The van der Waals surface area contributed by atoms with E-state index in [9.17, 15) is 4.79 Å². The number of fused-ring (bicyclic) bond motifs is 1. The smallest absolute Gasteiger partial charge is 0.246 e. The number of hydrogen-bond acceptors (Lipinski definition) is 4. The van der Waals surface area contributed by atoms with Crippen molar-refractivity contribution < 1.29 is 4.79 Å². The van der Waals surface area contributed by atoms with Gasteiger partial charge in [-0.25, -0.2) is 0 Å². The van der Waals surface area contributed by atoms with Gasteiger partial charge < -0.3 is 16.0 Å². The minimum Gasteiger partial charge on any atom is -0.374 e. The Balaban J connectivity index is 2.30. The molecule has 1 heterocycles. The minimum absolute atomic E-state index is 0.0123. The van der Waals surface area contributed by atoms with Crippen molar-refractivity contribution in [2.75, 3.05) is 23.3 Å². The summed E-state index contributed by atoms with van der Waals surface area (Å²) in [6.07, 6.45) is 0.738. The van der Waals surface area contributed by atoms with Crippen molar-refractivity contribution >= 4 is 17.3 Å². The first-order valence-corrected chi connectivity index (χ1v) is 5.96. The van der Waals surface area contributed by atoms with Gasteiger partial charge in [0.25, 0.3) is 0 Å². The quantitative estimate of drug-likeness (QED) is 0.832. The average molecular weight is 244 g/mol. The second-order valence-electron chi connectivity index (χ2n) is 4.51. The Kier molecular flexibility index (Phi) is 3.49. The molecular formula is C13H16N4O. The van der Waals surface area contributed by atoms with Crippen molar-refractivity contribution in [2.24, 2.45) is 5.73 Å². The number of hydrogen-bond donors (Lipinski definition) is 2. The van der Waals surface area contributed by atoms with Gasteiger partial charge >= 0.3 is 0 Å². The molecule has 0 spiro atoms. The van der Waals surface area contributed by atoms with Crippen molar-refractivity contribution in [2.45, 2.75) is 19.4 Å². The molecule has 1 aromatic carbocycles. The van der Waals surface area contributed by atoms with Gasteiger partial charge in [0.1, 0.15) is 0 Å². The zero-order valence-corrected chi connectivity index (χ0v) is 10.3. The Morgan fingerprint density at radius 1 is 1.61 bits per heavy atom. The molecule has 1 aromatic rings. The molecule has 2 rings (SSSR count). The summed E-state index contributed by atoms with van der Waals surface area (Å²) in [5.41, 5.74) is 7.93. The molecule has 0 saturated carbocycles. The summed E-state index contributed by atoms with van der Waals surface area (Å²) < 4.78 is 0. The molecule has 1 unspecified atom stereocenters. The van der Waals surface area contributed by atoms with Gasteiger partial charge in [-0.1, -0.05) is 0 Å². The third kappa shape index (κ3) is 2.44. The number of nitrogens with one attached hydrogen (secondary N) is 1. The van der Waals surface area contributed by atoms with Gasteiger partial charge in [0.2, 0.25) is 5.91 Å². The number of nitrogens with zero attached hydrogens (tertiary/aromatic N) is 2. The molecule has 0 fully saturated rings. The van der Waals surface area contributed by atoms with Crippen LogP contribution in [0.2, 0.25) is 0 Å². The van der Waals surface area contributed by atoms with E-state index in [1.165, 1.54) is 0 Å². The number of nitriles is 1. The van der Waals surface area contributed by atoms with E-state index in [1.807, 2.05) is 13.0 Å². The highest BCUT2D eigenvalue weighted by molar-refractivity contribution is 6.02. The molecule has 1 aliphatic heterocycles. The zero-order chi connectivity index (χ0) is 13.1. The largest absolute Gasteiger partial charge is 0.374 e. The molecule has 1 aliphatic rings. The van der Waals surface area contributed by atoms with Crippen LogP contribution in [-0.2, 0) is 4.79 Å². The van der Waals surface area contributed by atoms with Crippen LogP contribution in [0.15, 0.2) is 18.2 Å². The van der Waals surface area contributed by atoms with Crippen molar-refractivity contribution in [1.29, 1.82) is 5.26 Å². The minimum atomic E-state index is 0.0123. The lowest BCUT2D eigenvalue weighted by molar-refractivity contribution is -0.117. The molecule has 18 heavy (non-hydrogen) atoms.